The fraction of sp³-hybridized carbons (Fsp3) is 0.238. The number of hydrogen-bond acceptors (Lipinski definition) is 4. The summed E-state index contributed by atoms with van der Waals surface area (Å²) in [4.78, 5) is 19.3. The topological polar surface area (TPSA) is 41.9 Å². The van der Waals surface area contributed by atoms with Gasteiger partial charge in [-0.05, 0) is 61.1 Å². The maximum atomic E-state index is 13.0. The van der Waals surface area contributed by atoms with E-state index in [0.29, 0.717) is 12.3 Å². The molecule has 1 amide bonds. The summed E-state index contributed by atoms with van der Waals surface area (Å²) < 4.78 is 5.46. The summed E-state index contributed by atoms with van der Waals surface area (Å²) in [5.74, 6) is 1.57. The summed E-state index contributed by atoms with van der Waals surface area (Å²) in [5.41, 5.74) is 3.34. The number of amides is 1. The molecule has 5 heteroatoms. The molecule has 134 valence electrons. The molecule has 0 N–H and O–H groups in total. The summed E-state index contributed by atoms with van der Waals surface area (Å²) in [5, 5.41) is 0.722. The van der Waals surface area contributed by atoms with E-state index >= 15 is 0 Å². The largest absolute Gasteiger partial charge is 0.494 e. The number of aliphatic imine (C=N–C) groups is 1. The van der Waals surface area contributed by atoms with Crippen molar-refractivity contribution >= 4 is 34.6 Å². The Balaban J connectivity index is 1.92. The normalized spacial score (nSPS) is 15.5. The van der Waals surface area contributed by atoms with Crippen molar-refractivity contribution in [2.24, 2.45) is 4.99 Å². The van der Waals surface area contributed by atoms with E-state index in [0.717, 1.165) is 33.5 Å². The summed E-state index contributed by atoms with van der Waals surface area (Å²) in [6.45, 7) is 6.66. The van der Waals surface area contributed by atoms with Crippen LogP contribution in [0.4, 0.5) is 5.69 Å². The van der Waals surface area contributed by atoms with Gasteiger partial charge in [0.25, 0.3) is 5.91 Å². The first kappa shape index (κ1) is 18.3. The molecule has 1 heterocycles. The molecular weight excluding hydrogens is 344 g/mol. The van der Waals surface area contributed by atoms with Crippen molar-refractivity contribution in [3.63, 3.8) is 0 Å². The van der Waals surface area contributed by atoms with E-state index < -0.39 is 0 Å². The lowest BCUT2D eigenvalue weighted by Crippen LogP contribution is -2.30. The Bertz CT molecular complexity index is 857. The van der Waals surface area contributed by atoms with E-state index in [2.05, 4.69) is 11.9 Å². The minimum atomic E-state index is -0.0968. The molecule has 0 saturated carbocycles. The van der Waals surface area contributed by atoms with Crippen LogP contribution in [-0.4, -0.2) is 23.4 Å². The Morgan fingerprint density at radius 2 is 1.92 bits per heavy atom. The minimum absolute atomic E-state index is 0.0968. The molecule has 3 rings (SSSR count). The average Bonchev–Trinajstić information content (AvgIpc) is 2.92. The number of thioether (sulfide) groups is 1. The van der Waals surface area contributed by atoms with Crippen LogP contribution < -0.4 is 9.64 Å². The van der Waals surface area contributed by atoms with E-state index in [4.69, 9.17) is 4.74 Å². The van der Waals surface area contributed by atoms with Crippen LogP contribution >= 0.6 is 11.8 Å². The predicted molar refractivity (Wildman–Crippen MR) is 110 cm³/mol. The van der Waals surface area contributed by atoms with Crippen LogP contribution in [-0.2, 0) is 4.79 Å². The number of ether oxygens (including phenoxy) is 1. The molecule has 0 unspecified atom stereocenters. The van der Waals surface area contributed by atoms with Crippen LogP contribution in [0.3, 0.4) is 0 Å². The van der Waals surface area contributed by atoms with Gasteiger partial charge in [0.1, 0.15) is 11.4 Å². The first-order chi connectivity index (χ1) is 12.6. The monoisotopic (exact) mass is 366 g/mol. The lowest BCUT2D eigenvalue weighted by Gasteiger charge is -2.17. The fourth-order valence-electron chi connectivity index (χ4n) is 2.70. The molecule has 0 spiro atoms. The zero-order valence-electron chi connectivity index (χ0n) is 15.2. The van der Waals surface area contributed by atoms with Crippen molar-refractivity contribution in [3.05, 3.63) is 65.4 Å². The van der Waals surface area contributed by atoms with Gasteiger partial charge in [0.15, 0.2) is 5.17 Å². The smallest absolute Gasteiger partial charge is 0.283 e. The Kier molecular flexibility index (Phi) is 5.78. The van der Waals surface area contributed by atoms with Gasteiger partial charge in [-0.25, -0.2) is 4.99 Å². The van der Waals surface area contributed by atoms with Crippen molar-refractivity contribution in [2.45, 2.75) is 20.8 Å². The molecule has 0 radical (unpaired) electrons. The molecule has 2 aromatic carbocycles. The van der Waals surface area contributed by atoms with Gasteiger partial charge in [-0.2, -0.15) is 0 Å². The standard InChI is InChI=1S/C21H22N2O2S/c1-4-25-18-11-9-16(10-12-18)14-19-20(24)23(21(22-19)26-5-2)17-8-6-7-15(3)13-17/h6-14H,4-5H2,1-3H3/b19-14+. The van der Waals surface area contributed by atoms with Crippen LogP contribution in [0.5, 0.6) is 5.75 Å². The average molecular weight is 366 g/mol. The van der Waals surface area contributed by atoms with Gasteiger partial charge in [-0.3, -0.25) is 9.69 Å². The zero-order valence-corrected chi connectivity index (χ0v) is 16.0. The van der Waals surface area contributed by atoms with E-state index in [1.165, 1.54) is 0 Å². The van der Waals surface area contributed by atoms with Gasteiger partial charge >= 0.3 is 0 Å². The number of benzene rings is 2. The minimum Gasteiger partial charge on any atom is -0.494 e. The van der Waals surface area contributed by atoms with E-state index in [9.17, 15) is 4.79 Å². The number of aryl methyl sites for hydroxylation is 1. The van der Waals surface area contributed by atoms with Gasteiger partial charge in [-0.1, -0.05) is 43.0 Å². The van der Waals surface area contributed by atoms with Crippen LogP contribution in [0.25, 0.3) is 6.08 Å². The quantitative estimate of drug-likeness (QED) is 0.708. The first-order valence-electron chi connectivity index (χ1n) is 8.69. The van der Waals surface area contributed by atoms with Crippen molar-refractivity contribution in [1.82, 2.24) is 0 Å². The molecule has 0 aliphatic carbocycles. The molecule has 0 bridgehead atoms. The number of carbonyl (C=O) groups excluding carboxylic acids is 1. The van der Waals surface area contributed by atoms with E-state index in [-0.39, 0.29) is 5.91 Å². The summed E-state index contributed by atoms with van der Waals surface area (Å²) >= 11 is 1.57. The van der Waals surface area contributed by atoms with Crippen LogP contribution in [0.15, 0.2) is 59.2 Å². The number of anilines is 1. The molecule has 26 heavy (non-hydrogen) atoms. The van der Waals surface area contributed by atoms with Crippen molar-refractivity contribution in [3.8, 4) is 5.75 Å². The zero-order chi connectivity index (χ0) is 18.5. The number of carbonyl (C=O) groups is 1. The van der Waals surface area contributed by atoms with E-state index in [1.54, 1.807) is 16.7 Å². The van der Waals surface area contributed by atoms with Crippen LogP contribution in [0, 0.1) is 6.92 Å². The summed E-state index contributed by atoms with van der Waals surface area (Å²) in [7, 11) is 0. The third-order valence-electron chi connectivity index (χ3n) is 3.86. The van der Waals surface area contributed by atoms with Gasteiger partial charge in [0, 0.05) is 0 Å². The molecule has 0 saturated heterocycles. The fourth-order valence-corrected chi connectivity index (χ4v) is 3.44. The molecule has 1 aliphatic rings. The van der Waals surface area contributed by atoms with Crippen LogP contribution in [0.2, 0.25) is 0 Å². The maximum absolute atomic E-state index is 13.0. The molecule has 0 fully saturated rings. The lowest BCUT2D eigenvalue weighted by atomic mass is 10.1. The number of hydrogen-bond donors (Lipinski definition) is 0. The van der Waals surface area contributed by atoms with Crippen molar-refractivity contribution in [1.29, 1.82) is 0 Å². The first-order valence-corrected chi connectivity index (χ1v) is 9.68. The third-order valence-corrected chi connectivity index (χ3v) is 4.68. The second kappa shape index (κ2) is 8.23. The predicted octanol–water partition coefficient (Wildman–Crippen LogP) is 4.89. The van der Waals surface area contributed by atoms with Crippen molar-refractivity contribution in [2.75, 3.05) is 17.3 Å². The second-order valence-electron chi connectivity index (χ2n) is 5.84. The Labute approximate surface area is 158 Å². The highest BCUT2D eigenvalue weighted by molar-refractivity contribution is 8.14. The van der Waals surface area contributed by atoms with Gasteiger partial charge in [0.05, 0.1) is 12.3 Å². The highest BCUT2D eigenvalue weighted by Gasteiger charge is 2.31. The highest BCUT2D eigenvalue weighted by atomic mass is 32.2. The van der Waals surface area contributed by atoms with Crippen LogP contribution in [0.1, 0.15) is 25.0 Å². The number of amidine groups is 1. The lowest BCUT2D eigenvalue weighted by molar-refractivity contribution is -0.113. The van der Waals surface area contributed by atoms with E-state index in [1.807, 2.05) is 68.5 Å². The highest BCUT2D eigenvalue weighted by Crippen LogP contribution is 2.30. The summed E-state index contributed by atoms with van der Waals surface area (Å²) in [6, 6.07) is 15.6. The second-order valence-corrected chi connectivity index (χ2v) is 7.07. The third kappa shape index (κ3) is 3.99. The Morgan fingerprint density at radius 1 is 1.15 bits per heavy atom. The molecule has 2 aromatic rings. The summed E-state index contributed by atoms with van der Waals surface area (Å²) in [6.07, 6.45) is 1.82. The molecule has 0 atom stereocenters. The number of nitrogens with zero attached hydrogens (tertiary/aromatic N) is 2. The maximum Gasteiger partial charge on any atom is 0.283 e. The number of rotatable bonds is 5. The van der Waals surface area contributed by atoms with Gasteiger partial charge in [0.2, 0.25) is 0 Å². The Morgan fingerprint density at radius 3 is 2.58 bits per heavy atom. The molecular formula is C21H22N2O2S. The SMILES string of the molecule is CCOc1ccc(/C=C2/N=C(SCC)N(c3cccc(C)c3)C2=O)cc1. The molecule has 0 aromatic heterocycles. The van der Waals surface area contributed by atoms with Gasteiger partial charge in [-0.15, -0.1) is 0 Å². The Hall–Kier alpha value is -2.53. The molecule has 4 nitrogen and oxygen atoms in total. The van der Waals surface area contributed by atoms with Crippen molar-refractivity contribution < 1.29 is 9.53 Å². The van der Waals surface area contributed by atoms with Gasteiger partial charge < -0.3 is 4.74 Å². The molecule has 1 aliphatic heterocycles.